The largest absolute Gasteiger partial charge is 0.490 e. The molecule has 1 aromatic rings. The molecule has 1 nitrogen and oxygen atoms in total. The highest BCUT2D eigenvalue weighted by Gasteiger charge is 2.08. The Morgan fingerprint density at radius 1 is 1.25 bits per heavy atom. The summed E-state index contributed by atoms with van der Waals surface area (Å²) in [4.78, 5) is 0. The van der Waals surface area contributed by atoms with Crippen LogP contribution in [0.25, 0.3) is 0 Å². The lowest BCUT2D eigenvalue weighted by Crippen LogP contribution is -2.08. The van der Waals surface area contributed by atoms with E-state index in [2.05, 4.69) is 27.7 Å². The van der Waals surface area contributed by atoms with Crippen molar-refractivity contribution < 1.29 is 9.13 Å². The standard InChI is InChI=1S/C14H21FO/c1-5-11(4)9-16-14-8-12(10(2)3)6-7-13(14)15/h6-8,10-11H,5,9H2,1-4H3. The Kier molecular flexibility index (Phi) is 4.78. The van der Waals surface area contributed by atoms with Crippen LogP contribution in [0.4, 0.5) is 4.39 Å². The molecule has 1 aromatic carbocycles. The van der Waals surface area contributed by atoms with Crippen molar-refractivity contribution in [3.63, 3.8) is 0 Å². The monoisotopic (exact) mass is 224 g/mol. The molecule has 0 heterocycles. The number of rotatable bonds is 5. The summed E-state index contributed by atoms with van der Waals surface area (Å²) in [5.74, 6) is 0.966. The summed E-state index contributed by atoms with van der Waals surface area (Å²) in [6.07, 6.45) is 1.05. The summed E-state index contributed by atoms with van der Waals surface area (Å²) in [6.45, 7) is 8.96. The van der Waals surface area contributed by atoms with E-state index in [1.165, 1.54) is 6.07 Å². The van der Waals surface area contributed by atoms with Gasteiger partial charge in [0.1, 0.15) is 0 Å². The molecule has 0 fully saturated rings. The van der Waals surface area contributed by atoms with E-state index >= 15 is 0 Å². The Labute approximate surface area is 97.6 Å². The highest BCUT2D eigenvalue weighted by Crippen LogP contribution is 2.24. The fourth-order valence-electron chi connectivity index (χ4n) is 1.34. The van der Waals surface area contributed by atoms with E-state index in [-0.39, 0.29) is 5.82 Å². The second-order valence-corrected chi connectivity index (χ2v) is 4.67. The normalized spacial score (nSPS) is 12.9. The molecule has 1 unspecified atom stereocenters. The van der Waals surface area contributed by atoms with E-state index in [0.717, 1.165) is 12.0 Å². The third-order valence-corrected chi connectivity index (χ3v) is 2.84. The number of hydrogen-bond acceptors (Lipinski definition) is 1. The summed E-state index contributed by atoms with van der Waals surface area (Å²) < 4.78 is 19.0. The fraction of sp³-hybridized carbons (Fsp3) is 0.571. The topological polar surface area (TPSA) is 9.23 Å². The first-order valence-corrected chi connectivity index (χ1v) is 5.96. The van der Waals surface area contributed by atoms with Crippen LogP contribution in [0.5, 0.6) is 5.75 Å². The smallest absolute Gasteiger partial charge is 0.165 e. The maximum atomic E-state index is 13.5. The van der Waals surface area contributed by atoms with Gasteiger partial charge in [0.15, 0.2) is 11.6 Å². The Morgan fingerprint density at radius 2 is 1.94 bits per heavy atom. The average molecular weight is 224 g/mol. The Hall–Kier alpha value is -1.05. The van der Waals surface area contributed by atoms with Crippen LogP contribution in [0.2, 0.25) is 0 Å². The molecular formula is C14H21FO. The Morgan fingerprint density at radius 3 is 2.50 bits per heavy atom. The third-order valence-electron chi connectivity index (χ3n) is 2.84. The fourth-order valence-corrected chi connectivity index (χ4v) is 1.34. The van der Waals surface area contributed by atoms with Crippen LogP contribution in [0.1, 0.15) is 45.6 Å². The molecule has 16 heavy (non-hydrogen) atoms. The van der Waals surface area contributed by atoms with Crippen molar-refractivity contribution in [1.82, 2.24) is 0 Å². The maximum Gasteiger partial charge on any atom is 0.165 e. The molecular weight excluding hydrogens is 203 g/mol. The van der Waals surface area contributed by atoms with Gasteiger partial charge in [-0.1, -0.05) is 40.2 Å². The van der Waals surface area contributed by atoms with Crippen LogP contribution in [0.15, 0.2) is 18.2 Å². The lowest BCUT2D eigenvalue weighted by atomic mass is 10.0. The molecule has 0 aliphatic heterocycles. The van der Waals surface area contributed by atoms with Crippen molar-refractivity contribution in [1.29, 1.82) is 0 Å². The maximum absolute atomic E-state index is 13.5. The molecule has 90 valence electrons. The van der Waals surface area contributed by atoms with Crippen LogP contribution in [-0.4, -0.2) is 6.61 Å². The third kappa shape index (κ3) is 3.51. The lowest BCUT2D eigenvalue weighted by Gasteiger charge is -2.13. The van der Waals surface area contributed by atoms with Crippen molar-refractivity contribution in [2.24, 2.45) is 5.92 Å². The minimum atomic E-state index is -0.271. The average Bonchev–Trinajstić information content (AvgIpc) is 2.27. The van der Waals surface area contributed by atoms with Gasteiger partial charge in [0.2, 0.25) is 0 Å². The van der Waals surface area contributed by atoms with Crippen LogP contribution in [0.3, 0.4) is 0 Å². The number of benzene rings is 1. The first-order valence-electron chi connectivity index (χ1n) is 5.96. The van der Waals surface area contributed by atoms with E-state index in [0.29, 0.717) is 24.2 Å². The number of hydrogen-bond donors (Lipinski definition) is 0. The number of halogens is 1. The van der Waals surface area contributed by atoms with Crippen molar-refractivity contribution in [3.05, 3.63) is 29.6 Å². The molecule has 1 rings (SSSR count). The van der Waals surface area contributed by atoms with Gasteiger partial charge in [0, 0.05) is 0 Å². The molecule has 0 radical (unpaired) electrons. The first-order chi connectivity index (χ1) is 7.54. The summed E-state index contributed by atoms with van der Waals surface area (Å²) in [6, 6.07) is 5.11. The second-order valence-electron chi connectivity index (χ2n) is 4.67. The second kappa shape index (κ2) is 5.88. The molecule has 0 aliphatic carbocycles. The highest BCUT2D eigenvalue weighted by molar-refractivity contribution is 5.31. The molecule has 0 spiro atoms. The molecule has 0 amide bonds. The summed E-state index contributed by atoms with van der Waals surface area (Å²) in [7, 11) is 0. The molecule has 0 saturated heterocycles. The van der Waals surface area contributed by atoms with Crippen molar-refractivity contribution >= 4 is 0 Å². The van der Waals surface area contributed by atoms with Crippen molar-refractivity contribution in [3.8, 4) is 5.75 Å². The van der Waals surface area contributed by atoms with Crippen LogP contribution in [-0.2, 0) is 0 Å². The van der Waals surface area contributed by atoms with Gasteiger partial charge in [-0.3, -0.25) is 0 Å². The van der Waals surface area contributed by atoms with Gasteiger partial charge in [-0.2, -0.15) is 0 Å². The van der Waals surface area contributed by atoms with Crippen LogP contribution >= 0.6 is 0 Å². The van der Waals surface area contributed by atoms with Gasteiger partial charge in [0.25, 0.3) is 0 Å². The van der Waals surface area contributed by atoms with Crippen molar-refractivity contribution in [2.45, 2.75) is 40.0 Å². The van der Waals surface area contributed by atoms with Gasteiger partial charge in [-0.15, -0.1) is 0 Å². The van der Waals surface area contributed by atoms with Crippen LogP contribution < -0.4 is 4.74 Å². The van der Waals surface area contributed by atoms with Gasteiger partial charge in [-0.25, -0.2) is 4.39 Å². The van der Waals surface area contributed by atoms with E-state index in [1.807, 2.05) is 12.1 Å². The van der Waals surface area contributed by atoms with Gasteiger partial charge >= 0.3 is 0 Å². The minimum Gasteiger partial charge on any atom is -0.490 e. The Balaban J connectivity index is 2.74. The summed E-state index contributed by atoms with van der Waals surface area (Å²) in [5.41, 5.74) is 1.11. The highest BCUT2D eigenvalue weighted by atomic mass is 19.1. The number of ether oxygens (including phenoxy) is 1. The molecule has 2 heteroatoms. The molecule has 0 N–H and O–H groups in total. The Bertz CT molecular complexity index is 334. The van der Waals surface area contributed by atoms with Crippen LogP contribution in [0, 0.1) is 11.7 Å². The van der Waals surface area contributed by atoms with E-state index in [9.17, 15) is 4.39 Å². The molecule has 0 saturated carbocycles. The van der Waals surface area contributed by atoms with Gasteiger partial charge in [0.05, 0.1) is 6.61 Å². The lowest BCUT2D eigenvalue weighted by molar-refractivity contribution is 0.246. The summed E-state index contributed by atoms with van der Waals surface area (Å²) in [5, 5.41) is 0. The zero-order valence-electron chi connectivity index (χ0n) is 10.6. The SMILES string of the molecule is CCC(C)COc1cc(C(C)C)ccc1F. The molecule has 0 aromatic heterocycles. The zero-order valence-corrected chi connectivity index (χ0v) is 10.6. The quantitative estimate of drug-likeness (QED) is 0.721. The van der Waals surface area contributed by atoms with E-state index in [1.54, 1.807) is 0 Å². The van der Waals surface area contributed by atoms with Gasteiger partial charge in [-0.05, 0) is 29.5 Å². The van der Waals surface area contributed by atoms with Crippen molar-refractivity contribution in [2.75, 3.05) is 6.61 Å². The molecule has 0 bridgehead atoms. The minimum absolute atomic E-state index is 0.271. The van der Waals surface area contributed by atoms with Gasteiger partial charge < -0.3 is 4.74 Å². The van der Waals surface area contributed by atoms with E-state index in [4.69, 9.17) is 4.74 Å². The first kappa shape index (κ1) is 13.0. The molecule has 1 atom stereocenters. The summed E-state index contributed by atoms with van der Waals surface area (Å²) >= 11 is 0. The zero-order chi connectivity index (χ0) is 12.1. The predicted octanol–water partition coefficient (Wildman–Crippen LogP) is 4.37. The molecule has 0 aliphatic rings. The predicted molar refractivity (Wildman–Crippen MR) is 65.4 cm³/mol. The van der Waals surface area contributed by atoms with E-state index < -0.39 is 0 Å².